The Morgan fingerprint density at radius 3 is 2.71 bits per heavy atom. The Morgan fingerprint density at radius 2 is 2.14 bits per heavy atom. The van der Waals surface area contributed by atoms with Gasteiger partial charge in [0.1, 0.15) is 0 Å². The molecule has 1 fully saturated rings. The van der Waals surface area contributed by atoms with Gasteiger partial charge in [0.2, 0.25) is 5.91 Å². The quantitative estimate of drug-likeness (QED) is 0.664. The monoisotopic (exact) mass is 200 g/mol. The van der Waals surface area contributed by atoms with Gasteiger partial charge >= 0.3 is 0 Å². The molecule has 4 nitrogen and oxygen atoms in total. The molecule has 0 saturated carbocycles. The Kier molecular flexibility index (Phi) is 3.50. The van der Waals surface area contributed by atoms with Gasteiger partial charge in [0, 0.05) is 6.54 Å². The van der Waals surface area contributed by atoms with E-state index < -0.39 is 5.60 Å². The van der Waals surface area contributed by atoms with Crippen molar-refractivity contribution in [3.8, 4) is 0 Å². The van der Waals surface area contributed by atoms with Gasteiger partial charge in [-0.25, -0.2) is 0 Å². The first-order valence-corrected chi connectivity index (χ1v) is 5.18. The van der Waals surface area contributed by atoms with Crippen molar-refractivity contribution in [3.63, 3.8) is 0 Å². The van der Waals surface area contributed by atoms with Gasteiger partial charge in [0.15, 0.2) is 0 Å². The molecule has 2 atom stereocenters. The van der Waals surface area contributed by atoms with Crippen LogP contribution in [0.3, 0.4) is 0 Å². The SMILES string of the molecule is CC(C(N)=O)N1CCCC(C)(O)CC1. The van der Waals surface area contributed by atoms with Crippen LogP contribution in [0, 0.1) is 0 Å². The maximum Gasteiger partial charge on any atom is 0.234 e. The van der Waals surface area contributed by atoms with E-state index in [1.54, 1.807) is 0 Å². The van der Waals surface area contributed by atoms with Crippen LogP contribution in [0.1, 0.15) is 33.1 Å². The number of nitrogens with zero attached hydrogens (tertiary/aromatic N) is 1. The van der Waals surface area contributed by atoms with E-state index in [1.165, 1.54) is 0 Å². The number of amides is 1. The minimum Gasteiger partial charge on any atom is -0.390 e. The third-order valence-corrected chi connectivity index (χ3v) is 3.06. The van der Waals surface area contributed by atoms with Gasteiger partial charge in [0.05, 0.1) is 11.6 Å². The van der Waals surface area contributed by atoms with Crippen molar-refractivity contribution in [1.29, 1.82) is 0 Å². The number of primary amides is 1. The fourth-order valence-corrected chi connectivity index (χ4v) is 1.85. The van der Waals surface area contributed by atoms with Gasteiger partial charge in [0.25, 0.3) is 0 Å². The van der Waals surface area contributed by atoms with Gasteiger partial charge in [-0.3, -0.25) is 9.69 Å². The van der Waals surface area contributed by atoms with Gasteiger partial charge in [-0.1, -0.05) is 0 Å². The molecule has 14 heavy (non-hydrogen) atoms. The highest BCUT2D eigenvalue weighted by Gasteiger charge is 2.28. The molecule has 0 aromatic rings. The summed E-state index contributed by atoms with van der Waals surface area (Å²) in [5.74, 6) is -0.286. The smallest absolute Gasteiger partial charge is 0.234 e. The molecule has 0 bridgehead atoms. The summed E-state index contributed by atoms with van der Waals surface area (Å²) in [6.07, 6.45) is 2.43. The third-order valence-electron chi connectivity index (χ3n) is 3.06. The minimum atomic E-state index is -0.577. The van der Waals surface area contributed by atoms with Crippen LogP contribution < -0.4 is 5.73 Å². The number of hydrogen-bond acceptors (Lipinski definition) is 3. The minimum absolute atomic E-state index is 0.219. The maximum absolute atomic E-state index is 11.0. The van der Waals surface area contributed by atoms with E-state index in [4.69, 9.17) is 5.73 Å². The standard InChI is InChI=1S/C10H20N2O2/c1-8(9(11)13)12-6-3-4-10(2,14)5-7-12/h8,14H,3-7H2,1-2H3,(H2,11,13). The zero-order valence-electron chi connectivity index (χ0n) is 8.99. The second-order valence-corrected chi connectivity index (χ2v) is 4.46. The largest absolute Gasteiger partial charge is 0.390 e. The van der Waals surface area contributed by atoms with Crippen LogP contribution in [0.4, 0.5) is 0 Å². The van der Waals surface area contributed by atoms with Crippen LogP contribution >= 0.6 is 0 Å². The second-order valence-electron chi connectivity index (χ2n) is 4.46. The van der Waals surface area contributed by atoms with Crippen LogP contribution in [0.5, 0.6) is 0 Å². The number of aliphatic hydroxyl groups is 1. The normalized spacial score (nSPS) is 32.2. The molecule has 82 valence electrons. The summed E-state index contributed by atoms with van der Waals surface area (Å²) in [6, 6.07) is -0.219. The fraction of sp³-hybridized carbons (Fsp3) is 0.900. The molecule has 1 aliphatic rings. The molecule has 1 heterocycles. The van der Waals surface area contributed by atoms with Crippen molar-refractivity contribution in [2.24, 2.45) is 5.73 Å². The average molecular weight is 200 g/mol. The second kappa shape index (κ2) is 4.28. The summed E-state index contributed by atoms with van der Waals surface area (Å²) in [5, 5.41) is 9.85. The van der Waals surface area contributed by atoms with E-state index in [9.17, 15) is 9.90 Å². The number of nitrogens with two attached hydrogens (primary N) is 1. The van der Waals surface area contributed by atoms with E-state index in [0.29, 0.717) is 6.42 Å². The molecule has 1 rings (SSSR count). The summed E-state index contributed by atoms with van der Waals surface area (Å²) in [6.45, 7) is 5.27. The average Bonchev–Trinajstić information content (AvgIpc) is 2.25. The van der Waals surface area contributed by atoms with Gasteiger partial charge < -0.3 is 10.8 Å². The van der Waals surface area contributed by atoms with Crippen LogP contribution in [-0.2, 0) is 4.79 Å². The molecular formula is C10H20N2O2. The molecule has 0 aliphatic carbocycles. The molecule has 1 saturated heterocycles. The topological polar surface area (TPSA) is 66.6 Å². The molecule has 0 aromatic heterocycles. The highest BCUT2D eigenvalue weighted by molar-refractivity contribution is 5.79. The summed E-state index contributed by atoms with van der Waals surface area (Å²) >= 11 is 0. The number of rotatable bonds is 2. The molecule has 1 aliphatic heterocycles. The van der Waals surface area contributed by atoms with Crippen LogP contribution in [-0.4, -0.2) is 40.6 Å². The Hall–Kier alpha value is -0.610. The van der Waals surface area contributed by atoms with Crippen molar-refractivity contribution in [2.75, 3.05) is 13.1 Å². The molecule has 1 amide bonds. The third kappa shape index (κ3) is 2.96. The summed E-state index contributed by atoms with van der Waals surface area (Å²) in [5.41, 5.74) is 4.67. The summed E-state index contributed by atoms with van der Waals surface area (Å²) in [4.78, 5) is 13.0. The molecule has 2 unspecified atom stereocenters. The number of hydrogen-bond donors (Lipinski definition) is 2. The highest BCUT2D eigenvalue weighted by atomic mass is 16.3. The lowest BCUT2D eigenvalue weighted by Gasteiger charge is -2.25. The Morgan fingerprint density at radius 1 is 1.50 bits per heavy atom. The van der Waals surface area contributed by atoms with E-state index in [1.807, 2.05) is 18.7 Å². The lowest BCUT2D eigenvalue weighted by atomic mass is 9.98. The fourth-order valence-electron chi connectivity index (χ4n) is 1.85. The Bertz CT molecular complexity index is 216. The molecule has 0 radical (unpaired) electrons. The van der Waals surface area contributed by atoms with Gasteiger partial charge in [-0.05, 0) is 39.7 Å². The van der Waals surface area contributed by atoms with Crippen LogP contribution in [0.25, 0.3) is 0 Å². The molecule has 0 spiro atoms. The van der Waals surface area contributed by atoms with Gasteiger partial charge in [-0.15, -0.1) is 0 Å². The molecule has 0 aromatic carbocycles. The van der Waals surface area contributed by atoms with Crippen molar-refractivity contribution in [1.82, 2.24) is 4.90 Å². The van der Waals surface area contributed by atoms with E-state index in [-0.39, 0.29) is 11.9 Å². The van der Waals surface area contributed by atoms with Crippen molar-refractivity contribution in [2.45, 2.75) is 44.8 Å². The molecule has 3 N–H and O–H groups in total. The summed E-state index contributed by atoms with van der Waals surface area (Å²) in [7, 11) is 0. The van der Waals surface area contributed by atoms with Crippen LogP contribution in [0.2, 0.25) is 0 Å². The predicted octanol–water partition coefficient (Wildman–Crippen LogP) is 0.0971. The van der Waals surface area contributed by atoms with Gasteiger partial charge in [-0.2, -0.15) is 0 Å². The summed E-state index contributed by atoms with van der Waals surface area (Å²) < 4.78 is 0. The number of carbonyl (C=O) groups excluding carboxylic acids is 1. The first-order valence-electron chi connectivity index (χ1n) is 5.18. The highest BCUT2D eigenvalue weighted by Crippen LogP contribution is 2.22. The Balaban J connectivity index is 2.54. The first kappa shape index (κ1) is 11.5. The van der Waals surface area contributed by atoms with E-state index in [0.717, 1.165) is 25.9 Å². The zero-order valence-corrected chi connectivity index (χ0v) is 8.99. The molecular weight excluding hydrogens is 180 g/mol. The lowest BCUT2D eigenvalue weighted by molar-refractivity contribution is -0.122. The zero-order chi connectivity index (χ0) is 10.8. The predicted molar refractivity (Wildman–Crippen MR) is 54.7 cm³/mol. The van der Waals surface area contributed by atoms with Crippen molar-refractivity contribution in [3.05, 3.63) is 0 Å². The number of likely N-dealkylation sites (tertiary alicyclic amines) is 1. The Labute approximate surface area is 85.1 Å². The van der Waals surface area contributed by atoms with Crippen molar-refractivity contribution >= 4 is 5.91 Å². The maximum atomic E-state index is 11.0. The number of carbonyl (C=O) groups is 1. The molecule has 4 heteroatoms. The lowest BCUT2D eigenvalue weighted by Crippen LogP contribution is -2.43. The first-order chi connectivity index (χ1) is 6.42. The van der Waals surface area contributed by atoms with E-state index >= 15 is 0 Å². The van der Waals surface area contributed by atoms with Crippen molar-refractivity contribution < 1.29 is 9.90 Å². The van der Waals surface area contributed by atoms with E-state index in [2.05, 4.69) is 0 Å². The van der Waals surface area contributed by atoms with Crippen LogP contribution in [0.15, 0.2) is 0 Å².